The van der Waals surface area contributed by atoms with Crippen molar-refractivity contribution in [1.29, 1.82) is 0 Å². The lowest BCUT2D eigenvalue weighted by atomic mass is 10.1. The number of aliphatic hydroxyl groups is 1. The van der Waals surface area contributed by atoms with Crippen LogP contribution in [0.3, 0.4) is 0 Å². The number of aliphatic hydroxyl groups excluding tert-OH is 1. The molecule has 1 heterocycles. The molecule has 0 saturated carbocycles. The van der Waals surface area contributed by atoms with Crippen LogP contribution >= 0.6 is 0 Å². The second kappa shape index (κ2) is 7.27. The maximum atomic E-state index is 11.2. The molecule has 1 fully saturated rings. The van der Waals surface area contributed by atoms with Gasteiger partial charge >= 0.3 is 12.1 Å². The fourth-order valence-corrected chi connectivity index (χ4v) is 1.67. The van der Waals surface area contributed by atoms with Gasteiger partial charge in [0.2, 0.25) is 0 Å². The molecule has 110 valence electrons. The van der Waals surface area contributed by atoms with E-state index in [4.69, 9.17) is 14.2 Å². The molecule has 1 amide bonds. The van der Waals surface area contributed by atoms with Crippen LogP contribution in [0.1, 0.15) is 13.8 Å². The number of rotatable bonds is 7. The summed E-state index contributed by atoms with van der Waals surface area (Å²) < 4.78 is 19.7. The van der Waals surface area contributed by atoms with Crippen molar-refractivity contribution in [2.75, 3.05) is 20.3 Å². The van der Waals surface area contributed by atoms with E-state index in [0.717, 1.165) is 7.11 Å². The third kappa shape index (κ3) is 4.34. The van der Waals surface area contributed by atoms with E-state index in [0.29, 0.717) is 6.61 Å². The molecule has 8 nitrogen and oxygen atoms in total. The Kier molecular flexibility index (Phi) is 6.00. The number of carbonyl (C=O) groups is 2. The Bertz CT molecular complexity index is 322. The molecular weight excluding hydrogens is 258 g/mol. The number of alkyl carbamates (subject to hydrolysis) is 1. The molecule has 2 N–H and O–H groups in total. The van der Waals surface area contributed by atoms with Crippen molar-refractivity contribution < 1.29 is 33.6 Å². The third-order valence-corrected chi connectivity index (χ3v) is 2.61. The summed E-state index contributed by atoms with van der Waals surface area (Å²) in [5.41, 5.74) is 0. The van der Waals surface area contributed by atoms with E-state index >= 15 is 0 Å². The molecule has 1 saturated heterocycles. The van der Waals surface area contributed by atoms with Crippen LogP contribution in [0.5, 0.6) is 0 Å². The van der Waals surface area contributed by atoms with Crippen molar-refractivity contribution in [3.8, 4) is 0 Å². The zero-order chi connectivity index (χ0) is 14.4. The first kappa shape index (κ1) is 15.7. The standard InChI is InChI=1S/C11H19NO7/c1-4-17-6(2)18-5-7-9(19-11(15)12-7)8(13)10(14)16-3/h6-9,13H,4-5H2,1-3H3,(H,12,15)/t6?,7-,8-,9+/m1/s1. The highest BCUT2D eigenvalue weighted by Crippen LogP contribution is 2.15. The van der Waals surface area contributed by atoms with Gasteiger partial charge in [-0.3, -0.25) is 0 Å². The minimum absolute atomic E-state index is 0.0472. The minimum Gasteiger partial charge on any atom is -0.467 e. The fraction of sp³-hybridized carbons (Fsp3) is 0.818. The van der Waals surface area contributed by atoms with Gasteiger partial charge in [0.15, 0.2) is 18.5 Å². The summed E-state index contributed by atoms with van der Waals surface area (Å²) in [4.78, 5) is 22.4. The van der Waals surface area contributed by atoms with Crippen LogP contribution in [0.25, 0.3) is 0 Å². The number of esters is 1. The lowest BCUT2D eigenvalue weighted by Crippen LogP contribution is -2.46. The molecule has 1 aliphatic heterocycles. The summed E-state index contributed by atoms with van der Waals surface area (Å²) >= 11 is 0. The van der Waals surface area contributed by atoms with Crippen LogP contribution in [0.2, 0.25) is 0 Å². The minimum atomic E-state index is -1.56. The second-order valence-electron chi connectivity index (χ2n) is 3.95. The Morgan fingerprint density at radius 3 is 2.79 bits per heavy atom. The van der Waals surface area contributed by atoms with Gasteiger partial charge in [0.25, 0.3) is 0 Å². The van der Waals surface area contributed by atoms with E-state index in [2.05, 4.69) is 10.1 Å². The third-order valence-electron chi connectivity index (χ3n) is 2.61. The van der Waals surface area contributed by atoms with Crippen LogP contribution in [-0.2, 0) is 23.7 Å². The van der Waals surface area contributed by atoms with Crippen LogP contribution < -0.4 is 5.32 Å². The molecule has 0 aromatic rings. The Balaban J connectivity index is 2.54. The summed E-state index contributed by atoms with van der Waals surface area (Å²) in [6, 6.07) is -0.649. The number of methoxy groups -OCH3 is 1. The first-order valence-corrected chi connectivity index (χ1v) is 5.95. The smallest absolute Gasteiger partial charge is 0.408 e. The van der Waals surface area contributed by atoms with Crippen molar-refractivity contribution in [2.45, 2.75) is 38.4 Å². The molecule has 0 aromatic carbocycles. The summed E-state index contributed by atoms with van der Waals surface area (Å²) in [6.45, 7) is 4.06. The summed E-state index contributed by atoms with van der Waals surface area (Å²) in [6.07, 6.45) is -3.78. The van der Waals surface area contributed by atoms with Gasteiger partial charge in [0.1, 0.15) is 0 Å². The van der Waals surface area contributed by atoms with Crippen LogP contribution in [0, 0.1) is 0 Å². The summed E-state index contributed by atoms with van der Waals surface area (Å²) in [5, 5.41) is 12.1. The molecule has 8 heteroatoms. The zero-order valence-corrected chi connectivity index (χ0v) is 11.1. The van der Waals surface area contributed by atoms with Gasteiger partial charge in [-0.15, -0.1) is 0 Å². The number of hydrogen-bond donors (Lipinski definition) is 2. The molecular formula is C11H19NO7. The van der Waals surface area contributed by atoms with E-state index in [1.54, 1.807) is 6.92 Å². The summed E-state index contributed by atoms with van der Waals surface area (Å²) in [5.74, 6) is -0.871. The van der Waals surface area contributed by atoms with Crippen molar-refractivity contribution in [1.82, 2.24) is 5.32 Å². The number of cyclic esters (lactones) is 1. The van der Waals surface area contributed by atoms with E-state index in [1.165, 1.54) is 0 Å². The summed E-state index contributed by atoms with van der Waals surface area (Å²) in [7, 11) is 1.14. The number of carbonyl (C=O) groups excluding carboxylic acids is 2. The Labute approximate surface area is 111 Å². The van der Waals surface area contributed by atoms with Crippen LogP contribution in [-0.4, -0.2) is 62.0 Å². The van der Waals surface area contributed by atoms with E-state index < -0.39 is 36.6 Å². The van der Waals surface area contributed by atoms with E-state index in [-0.39, 0.29) is 6.61 Å². The maximum absolute atomic E-state index is 11.2. The highest BCUT2D eigenvalue weighted by molar-refractivity contribution is 5.77. The monoisotopic (exact) mass is 277 g/mol. The van der Waals surface area contributed by atoms with E-state index in [9.17, 15) is 14.7 Å². The number of hydrogen-bond acceptors (Lipinski definition) is 7. The van der Waals surface area contributed by atoms with E-state index in [1.807, 2.05) is 6.92 Å². The number of ether oxygens (including phenoxy) is 4. The molecule has 1 aliphatic rings. The van der Waals surface area contributed by atoms with Gasteiger partial charge in [0.05, 0.1) is 19.8 Å². The molecule has 4 atom stereocenters. The number of amides is 1. The molecule has 0 aliphatic carbocycles. The molecule has 0 spiro atoms. The molecule has 0 bridgehead atoms. The maximum Gasteiger partial charge on any atom is 0.408 e. The normalized spacial score (nSPS) is 25.4. The highest BCUT2D eigenvalue weighted by atomic mass is 16.7. The Morgan fingerprint density at radius 2 is 2.21 bits per heavy atom. The quantitative estimate of drug-likeness (QED) is 0.473. The van der Waals surface area contributed by atoms with Crippen LogP contribution in [0.15, 0.2) is 0 Å². The predicted octanol–water partition coefficient (Wildman–Crippen LogP) is -0.604. The van der Waals surface area contributed by atoms with Gasteiger partial charge in [-0.05, 0) is 13.8 Å². The lowest BCUT2D eigenvalue weighted by molar-refractivity contribution is -0.159. The largest absolute Gasteiger partial charge is 0.467 e. The average molecular weight is 277 g/mol. The van der Waals surface area contributed by atoms with Crippen LogP contribution in [0.4, 0.5) is 4.79 Å². The zero-order valence-electron chi connectivity index (χ0n) is 11.1. The first-order valence-electron chi connectivity index (χ1n) is 5.95. The molecule has 19 heavy (non-hydrogen) atoms. The average Bonchev–Trinajstić information content (AvgIpc) is 2.76. The molecule has 1 rings (SSSR count). The van der Waals surface area contributed by atoms with Gasteiger partial charge in [-0.25, -0.2) is 9.59 Å². The topological polar surface area (TPSA) is 103 Å². The van der Waals surface area contributed by atoms with Crippen molar-refractivity contribution in [3.05, 3.63) is 0 Å². The number of nitrogens with one attached hydrogen (secondary N) is 1. The molecule has 0 radical (unpaired) electrons. The second-order valence-corrected chi connectivity index (χ2v) is 3.95. The van der Waals surface area contributed by atoms with Crippen molar-refractivity contribution in [3.63, 3.8) is 0 Å². The first-order chi connectivity index (χ1) is 8.99. The predicted molar refractivity (Wildman–Crippen MR) is 62.3 cm³/mol. The fourth-order valence-electron chi connectivity index (χ4n) is 1.67. The van der Waals surface area contributed by atoms with Gasteiger partial charge in [-0.1, -0.05) is 0 Å². The SMILES string of the molecule is CCOC(C)OC[C@H]1NC(=O)O[C@@H]1[C@@H](O)C(=O)OC. The van der Waals surface area contributed by atoms with Gasteiger partial charge < -0.3 is 29.4 Å². The molecule has 1 unspecified atom stereocenters. The Morgan fingerprint density at radius 1 is 1.53 bits per heavy atom. The van der Waals surface area contributed by atoms with Crippen molar-refractivity contribution in [2.24, 2.45) is 0 Å². The van der Waals surface area contributed by atoms with Gasteiger partial charge in [0, 0.05) is 6.61 Å². The Hall–Kier alpha value is -1.38. The lowest BCUT2D eigenvalue weighted by Gasteiger charge is -2.22. The van der Waals surface area contributed by atoms with Crippen molar-refractivity contribution >= 4 is 12.1 Å². The highest BCUT2D eigenvalue weighted by Gasteiger charge is 2.43. The molecule has 0 aromatic heterocycles. The van der Waals surface area contributed by atoms with Gasteiger partial charge in [-0.2, -0.15) is 0 Å².